The van der Waals surface area contributed by atoms with Crippen LogP contribution in [0.25, 0.3) is 22.8 Å². The zero-order valence-electron chi connectivity index (χ0n) is 13.1. The molecule has 3 aromatic rings. The molecule has 122 valence electrons. The standard InChI is InChI=1S/C19H17Br2N3/c20-15-9-5-13(6-10-15)18-22-23-19(14-7-11-16(21)12-8-14)24(18)17-3-1-2-4-17/h5-12,17H,1-4H2. The maximum atomic E-state index is 4.55. The smallest absolute Gasteiger partial charge is 0.164 e. The Morgan fingerprint density at radius 3 is 1.54 bits per heavy atom. The third kappa shape index (κ3) is 3.07. The first kappa shape index (κ1) is 16.0. The summed E-state index contributed by atoms with van der Waals surface area (Å²) < 4.78 is 4.50. The van der Waals surface area contributed by atoms with E-state index in [4.69, 9.17) is 0 Å². The minimum absolute atomic E-state index is 0.484. The molecule has 0 bridgehead atoms. The van der Waals surface area contributed by atoms with Gasteiger partial charge in [-0.05, 0) is 37.1 Å². The molecule has 1 aliphatic rings. The van der Waals surface area contributed by atoms with Crippen molar-refractivity contribution in [2.24, 2.45) is 0 Å². The topological polar surface area (TPSA) is 30.7 Å². The number of hydrogen-bond acceptors (Lipinski definition) is 2. The summed E-state index contributed by atoms with van der Waals surface area (Å²) in [6, 6.07) is 17.1. The van der Waals surface area contributed by atoms with E-state index in [-0.39, 0.29) is 0 Å². The van der Waals surface area contributed by atoms with Crippen LogP contribution in [-0.4, -0.2) is 14.8 Å². The zero-order chi connectivity index (χ0) is 16.5. The van der Waals surface area contributed by atoms with Crippen LogP contribution in [-0.2, 0) is 0 Å². The number of nitrogens with zero attached hydrogens (tertiary/aromatic N) is 3. The van der Waals surface area contributed by atoms with E-state index in [0.717, 1.165) is 31.7 Å². The van der Waals surface area contributed by atoms with E-state index in [1.165, 1.54) is 25.7 Å². The fourth-order valence-corrected chi connectivity index (χ4v) is 3.92. The predicted octanol–water partition coefficient (Wildman–Crippen LogP) is 6.25. The van der Waals surface area contributed by atoms with Crippen LogP contribution in [0, 0.1) is 0 Å². The van der Waals surface area contributed by atoms with Crippen molar-refractivity contribution in [3.63, 3.8) is 0 Å². The quantitative estimate of drug-likeness (QED) is 0.475. The Bertz CT molecular complexity index is 769. The van der Waals surface area contributed by atoms with Gasteiger partial charge in [-0.15, -0.1) is 10.2 Å². The van der Waals surface area contributed by atoms with Crippen molar-refractivity contribution in [3.05, 3.63) is 57.5 Å². The van der Waals surface area contributed by atoms with Crippen LogP contribution in [0.4, 0.5) is 0 Å². The van der Waals surface area contributed by atoms with Gasteiger partial charge in [-0.3, -0.25) is 0 Å². The summed E-state index contributed by atoms with van der Waals surface area (Å²) in [7, 11) is 0. The highest BCUT2D eigenvalue weighted by Gasteiger charge is 2.25. The Balaban J connectivity index is 1.85. The average Bonchev–Trinajstić information content (AvgIpc) is 3.25. The van der Waals surface area contributed by atoms with Crippen LogP contribution in [0.3, 0.4) is 0 Å². The van der Waals surface area contributed by atoms with Crippen LogP contribution in [0.1, 0.15) is 31.7 Å². The molecule has 1 aliphatic carbocycles. The summed E-state index contributed by atoms with van der Waals surface area (Å²) in [5, 5.41) is 9.09. The predicted molar refractivity (Wildman–Crippen MR) is 104 cm³/mol. The molecule has 0 N–H and O–H groups in total. The third-order valence-electron chi connectivity index (χ3n) is 4.59. The van der Waals surface area contributed by atoms with E-state index < -0.39 is 0 Å². The molecule has 5 heteroatoms. The minimum atomic E-state index is 0.484. The van der Waals surface area contributed by atoms with Crippen LogP contribution in [0.2, 0.25) is 0 Å². The molecular formula is C19H17Br2N3. The molecule has 0 atom stereocenters. The highest BCUT2D eigenvalue weighted by molar-refractivity contribution is 9.10. The molecule has 0 amide bonds. The van der Waals surface area contributed by atoms with Gasteiger partial charge in [0.15, 0.2) is 11.6 Å². The molecule has 1 aromatic heterocycles. The lowest BCUT2D eigenvalue weighted by Gasteiger charge is -2.17. The van der Waals surface area contributed by atoms with Crippen LogP contribution < -0.4 is 0 Å². The molecule has 3 nitrogen and oxygen atoms in total. The summed E-state index contributed by atoms with van der Waals surface area (Å²) in [4.78, 5) is 0. The molecule has 0 saturated heterocycles. The molecule has 2 aromatic carbocycles. The monoisotopic (exact) mass is 445 g/mol. The van der Waals surface area contributed by atoms with Crippen molar-refractivity contribution in [2.75, 3.05) is 0 Å². The molecule has 0 spiro atoms. The lowest BCUT2D eigenvalue weighted by molar-refractivity contribution is 0.527. The van der Waals surface area contributed by atoms with Crippen molar-refractivity contribution in [1.29, 1.82) is 0 Å². The largest absolute Gasteiger partial charge is 0.304 e. The summed E-state index contributed by atoms with van der Waals surface area (Å²) in [5.41, 5.74) is 2.22. The second-order valence-corrected chi connectivity index (χ2v) is 8.00. The van der Waals surface area contributed by atoms with Gasteiger partial charge in [0, 0.05) is 26.1 Å². The highest BCUT2D eigenvalue weighted by atomic mass is 79.9. The van der Waals surface area contributed by atoms with E-state index >= 15 is 0 Å². The summed E-state index contributed by atoms with van der Waals surface area (Å²) >= 11 is 7.01. The van der Waals surface area contributed by atoms with Crippen LogP contribution >= 0.6 is 31.9 Å². The molecule has 0 aliphatic heterocycles. The Hall–Kier alpha value is -1.46. The lowest BCUT2D eigenvalue weighted by atomic mass is 10.1. The van der Waals surface area contributed by atoms with Gasteiger partial charge in [0.1, 0.15) is 0 Å². The first-order valence-corrected chi connectivity index (χ1v) is 9.78. The van der Waals surface area contributed by atoms with E-state index in [1.54, 1.807) is 0 Å². The number of halogens is 2. The minimum Gasteiger partial charge on any atom is -0.304 e. The second kappa shape index (κ2) is 6.81. The number of aromatic nitrogens is 3. The Labute approximate surface area is 158 Å². The van der Waals surface area contributed by atoms with Crippen molar-refractivity contribution < 1.29 is 0 Å². The Kier molecular flexibility index (Phi) is 4.55. The first-order chi connectivity index (χ1) is 11.7. The number of benzene rings is 2. The first-order valence-electron chi connectivity index (χ1n) is 8.19. The van der Waals surface area contributed by atoms with Crippen molar-refractivity contribution in [1.82, 2.24) is 14.8 Å². The fourth-order valence-electron chi connectivity index (χ4n) is 3.39. The lowest BCUT2D eigenvalue weighted by Crippen LogP contribution is -2.08. The summed E-state index contributed by atoms with van der Waals surface area (Å²) in [5.74, 6) is 1.93. The molecule has 1 saturated carbocycles. The molecule has 1 heterocycles. The zero-order valence-corrected chi connectivity index (χ0v) is 16.3. The molecule has 4 rings (SSSR count). The molecule has 0 radical (unpaired) electrons. The summed E-state index contributed by atoms with van der Waals surface area (Å²) in [6.45, 7) is 0. The second-order valence-electron chi connectivity index (χ2n) is 6.17. The molecule has 1 fully saturated rings. The van der Waals surface area contributed by atoms with E-state index in [0.29, 0.717) is 6.04 Å². The van der Waals surface area contributed by atoms with Crippen molar-refractivity contribution in [2.45, 2.75) is 31.7 Å². The number of rotatable bonds is 3. The van der Waals surface area contributed by atoms with Gasteiger partial charge >= 0.3 is 0 Å². The normalized spacial score (nSPS) is 15.1. The van der Waals surface area contributed by atoms with Crippen LogP contribution in [0.15, 0.2) is 57.5 Å². The molecular weight excluding hydrogens is 430 g/mol. The maximum absolute atomic E-state index is 4.55. The SMILES string of the molecule is Brc1ccc(-c2nnc(-c3ccc(Br)cc3)n2C2CCCC2)cc1. The number of hydrogen-bond donors (Lipinski definition) is 0. The highest BCUT2D eigenvalue weighted by Crippen LogP contribution is 2.37. The summed E-state index contributed by atoms with van der Waals surface area (Å²) in [6.07, 6.45) is 4.96. The van der Waals surface area contributed by atoms with Gasteiger partial charge in [-0.1, -0.05) is 69.0 Å². The molecule has 0 unspecified atom stereocenters. The van der Waals surface area contributed by atoms with Gasteiger partial charge in [0.2, 0.25) is 0 Å². The van der Waals surface area contributed by atoms with Gasteiger partial charge < -0.3 is 4.57 Å². The van der Waals surface area contributed by atoms with Crippen LogP contribution in [0.5, 0.6) is 0 Å². The maximum Gasteiger partial charge on any atom is 0.164 e. The van der Waals surface area contributed by atoms with E-state index in [2.05, 4.69) is 95.2 Å². The van der Waals surface area contributed by atoms with E-state index in [1.807, 2.05) is 0 Å². The molecule has 24 heavy (non-hydrogen) atoms. The van der Waals surface area contributed by atoms with Gasteiger partial charge in [-0.2, -0.15) is 0 Å². The average molecular weight is 447 g/mol. The van der Waals surface area contributed by atoms with Gasteiger partial charge in [-0.25, -0.2) is 0 Å². The third-order valence-corrected chi connectivity index (χ3v) is 5.65. The Morgan fingerprint density at radius 1 is 0.708 bits per heavy atom. The van der Waals surface area contributed by atoms with Crippen molar-refractivity contribution in [3.8, 4) is 22.8 Å². The van der Waals surface area contributed by atoms with E-state index in [9.17, 15) is 0 Å². The van der Waals surface area contributed by atoms with Gasteiger partial charge in [0.25, 0.3) is 0 Å². The fraction of sp³-hybridized carbons (Fsp3) is 0.263. The van der Waals surface area contributed by atoms with Gasteiger partial charge in [0.05, 0.1) is 0 Å². The Morgan fingerprint density at radius 2 is 1.12 bits per heavy atom. The van der Waals surface area contributed by atoms with Crippen molar-refractivity contribution >= 4 is 31.9 Å².